The van der Waals surface area contributed by atoms with Gasteiger partial charge in [-0.15, -0.1) is 0 Å². The van der Waals surface area contributed by atoms with E-state index in [-0.39, 0.29) is 11.9 Å². The first-order valence-corrected chi connectivity index (χ1v) is 6.71. The lowest BCUT2D eigenvalue weighted by atomic mass is 10.2. The predicted molar refractivity (Wildman–Crippen MR) is 75.5 cm³/mol. The van der Waals surface area contributed by atoms with Crippen molar-refractivity contribution >= 4 is 23.6 Å². The van der Waals surface area contributed by atoms with Crippen LogP contribution in [0.4, 0.5) is 0 Å². The molecular formula is C15H18ClNO. The van der Waals surface area contributed by atoms with E-state index in [4.69, 9.17) is 11.6 Å². The Labute approximate surface area is 113 Å². The third-order valence-electron chi connectivity index (χ3n) is 3.04. The largest absolute Gasteiger partial charge is 0.334 e. The number of halogens is 1. The highest BCUT2D eigenvalue weighted by molar-refractivity contribution is 6.30. The van der Waals surface area contributed by atoms with Crippen LogP contribution in [0.1, 0.15) is 32.3 Å². The minimum atomic E-state index is 0.0995. The predicted octanol–water partition coefficient (Wildman–Crippen LogP) is 3.75. The molecule has 96 valence electrons. The fraction of sp³-hybridized carbons (Fsp3) is 0.400. The van der Waals surface area contributed by atoms with E-state index in [1.807, 2.05) is 35.2 Å². The van der Waals surface area contributed by atoms with Gasteiger partial charge in [0.2, 0.25) is 5.91 Å². The lowest BCUT2D eigenvalue weighted by molar-refractivity contribution is -0.128. The second-order valence-electron chi connectivity index (χ2n) is 4.96. The van der Waals surface area contributed by atoms with E-state index in [2.05, 4.69) is 13.8 Å². The molecule has 2 nitrogen and oxygen atoms in total. The molecule has 0 spiro atoms. The third-order valence-corrected chi connectivity index (χ3v) is 3.29. The second kappa shape index (κ2) is 5.57. The van der Waals surface area contributed by atoms with Gasteiger partial charge in [-0.3, -0.25) is 4.79 Å². The monoisotopic (exact) mass is 263 g/mol. The van der Waals surface area contributed by atoms with Gasteiger partial charge in [0.1, 0.15) is 0 Å². The van der Waals surface area contributed by atoms with E-state index < -0.39 is 0 Å². The first-order chi connectivity index (χ1) is 8.58. The molecule has 0 heterocycles. The highest BCUT2D eigenvalue weighted by Crippen LogP contribution is 2.28. The van der Waals surface area contributed by atoms with Crippen LogP contribution >= 0.6 is 11.6 Å². The molecule has 1 amide bonds. The topological polar surface area (TPSA) is 20.3 Å². The number of amides is 1. The van der Waals surface area contributed by atoms with Crippen LogP contribution in [0, 0.1) is 0 Å². The first kappa shape index (κ1) is 13.2. The smallest absolute Gasteiger partial charge is 0.247 e. The summed E-state index contributed by atoms with van der Waals surface area (Å²) < 4.78 is 0. The van der Waals surface area contributed by atoms with Crippen LogP contribution in [0.5, 0.6) is 0 Å². The summed E-state index contributed by atoms with van der Waals surface area (Å²) in [6, 6.07) is 8.18. The lowest BCUT2D eigenvalue weighted by Gasteiger charge is -2.25. The normalized spacial score (nSPS) is 15.3. The minimum Gasteiger partial charge on any atom is -0.334 e. The van der Waals surface area contributed by atoms with E-state index in [0.717, 1.165) is 18.4 Å². The summed E-state index contributed by atoms with van der Waals surface area (Å²) in [4.78, 5) is 14.1. The van der Waals surface area contributed by atoms with Crippen LogP contribution in [-0.4, -0.2) is 22.9 Å². The fourth-order valence-electron chi connectivity index (χ4n) is 2.04. The Morgan fingerprint density at radius 3 is 2.44 bits per heavy atom. The highest BCUT2D eigenvalue weighted by Gasteiger charge is 2.32. The first-order valence-electron chi connectivity index (χ1n) is 6.34. The molecule has 0 unspecified atom stereocenters. The Kier molecular flexibility index (Phi) is 4.07. The van der Waals surface area contributed by atoms with E-state index >= 15 is 0 Å². The molecular weight excluding hydrogens is 246 g/mol. The Morgan fingerprint density at radius 1 is 1.33 bits per heavy atom. The average Bonchev–Trinajstić information content (AvgIpc) is 3.12. The number of rotatable bonds is 4. The molecule has 0 atom stereocenters. The SMILES string of the molecule is CC(C)N(C(=O)/C=C/c1ccc(Cl)cc1)C1CC1. The van der Waals surface area contributed by atoms with E-state index in [0.29, 0.717) is 11.1 Å². The lowest BCUT2D eigenvalue weighted by Crippen LogP contribution is -2.37. The second-order valence-corrected chi connectivity index (χ2v) is 5.39. The van der Waals surface area contributed by atoms with Crippen LogP contribution in [0.25, 0.3) is 6.08 Å². The van der Waals surface area contributed by atoms with Gasteiger partial charge in [0.25, 0.3) is 0 Å². The van der Waals surface area contributed by atoms with Crippen molar-refractivity contribution < 1.29 is 4.79 Å². The fourth-order valence-corrected chi connectivity index (χ4v) is 2.16. The Morgan fingerprint density at radius 2 is 1.94 bits per heavy atom. The molecule has 1 saturated carbocycles. The maximum atomic E-state index is 12.1. The van der Waals surface area contributed by atoms with Crippen LogP contribution in [0.15, 0.2) is 30.3 Å². The van der Waals surface area contributed by atoms with E-state index in [1.54, 1.807) is 6.08 Å². The summed E-state index contributed by atoms with van der Waals surface area (Å²) in [6.07, 6.45) is 5.77. The van der Waals surface area contributed by atoms with Crippen LogP contribution in [-0.2, 0) is 4.79 Å². The van der Waals surface area contributed by atoms with Crippen molar-refractivity contribution in [2.24, 2.45) is 0 Å². The molecule has 3 heteroatoms. The minimum absolute atomic E-state index is 0.0995. The van der Waals surface area contributed by atoms with Gasteiger partial charge < -0.3 is 4.90 Å². The summed E-state index contributed by atoms with van der Waals surface area (Å²) in [5.74, 6) is 0.0995. The number of carbonyl (C=O) groups excluding carboxylic acids is 1. The molecule has 0 aliphatic heterocycles. The van der Waals surface area contributed by atoms with Crippen LogP contribution in [0.2, 0.25) is 5.02 Å². The molecule has 0 saturated heterocycles. The summed E-state index contributed by atoms with van der Waals surface area (Å²) in [7, 11) is 0. The third kappa shape index (κ3) is 3.36. The van der Waals surface area contributed by atoms with Gasteiger partial charge >= 0.3 is 0 Å². The maximum absolute atomic E-state index is 12.1. The summed E-state index contributed by atoms with van der Waals surface area (Å²) >= 11 is 5.82. The zero-order chi connectivity index (χ0) is 13.1. The average molecular weight is 264 g/mol. The van der Waals surface area contributed by atoms with Crippen LogP contribution in [0.3, 0.4) is 0 Å². The standard InChI is InChI=1S/C15H18ClNO/c1-11(2)17(14-8-9-14)15(18)10-5-12-3-6-13(16)7-4-12/h3-7,10-11,14H,8-9H2,1-2H3/b10-5+. The van der Waals surface area contributed by atoms with Gasteiger partial charge in [-0.2, -0.15) is 0 Å². The molecule has 1 fully saturated rings. The summed E-state index contributed by atoms with van der Waals surface area (Å²) in [6.45, 7) is 4.12. The zero-order valence-corrected chi connectivity index (χ0v) is 11.5. The Balaban J connectivity index is 2.03. The quantitative estimate of drug-likeness (QED) is 0.758. The van der Waals surface area contributed by atoms with Gasteiger partial charge in [0.15, 0.2) is 0 Å². The van der Waals surface area contributed by atoms with Crippen LogP contribution < -0.4 is 0 Å². The molecule has 0 bridgehead atoms. The molecule has 1 aliphatic carbocycles. The van der Waals surface area contributed by atoms with Crippen molar-refractivity contribution in [3.8, 4) is 0 Å². The number of carbonyl (C=O) groups is 1. The van der Waals surface area contributed by atoms with E-state index in [9.17, 15) is 4.79 Å². The molecule has 1 aromatic carbocycles. The van der Waals surface area contributed by atoms with Gasteiger partial charge in [-0.25, -0.2) is 0 Å². The molecule has 1 aromatic rings. The van der Waals surface area contributed by atoms with Gasteiger partial charge in [-0.05, 0) is 50.5 Å². The van der Waals surface area contributed by atoms with Crippen molar-refractivity contribution in [3.63, 3.8) is 0 Å². The highest BCUT2D eigenvalue weighted by atomic mass is 35.5. The van der Waals surface area contributed by atoms with Gasteiger partial charge in [0.05, 0.1) is 0 Å². The summed E-state index contributed by atoms with van der Waals surface area (Å²) in [5.41, 5.74) is 0.993. The number of benzene rings is 1. The van der Waals surface area contributed by atoms with Gasteiger partial charge in [-0.1, -0.05) is 23.7 Å². The number of hydrogen-bond acceptors (Lipinski definition) is 1. The molecule has 18 heavy (non-hydrogen) atoms. The molecule has 1 aliphatic rings. The van der Waals surface area contributed by atoms with Crippen molar-refractivity contribution in [2.75, 3.05) is 0 Å². The van der Waals surface area contributed by atoms with E-state index in [1.165, 1.54) is 0 Å². The molecule has 2 rings (SSSR count). The van der Waals surface area contributed by atoms with Crippen molar-refractivity contribution in [2.45, 2.75) is 38.8 Å². The number of hydrogen-bond donors (Lipinski definition) is 0. The van der Waals surface area contributed by atoms with Crippen molar-refractivity contribution in [1.29, 1.82) is 0 Å². The van der Waals surface area contributed by atoms with Crippen molar-refractivity contribution in [3.05, 3.63) is 40.9 Å². The maximum Gasteiger partial charge on any atom is 0.247 e. The molecule has 0 radical (unpaired) electrons. The zero-order valence-electron chi connectivity index (χ0n) is 10.8. The van der Waals surface area contributed by atoms with Crippen molar-refractivity contribution in [1.82, 2.24) is 4.90 Å². The molecule has 0 N–H and O–H groups in total. The van der Waals surface area contributed by atoms with Gasteiger partial charge in [0, 0.05) is 23.2 Å². The molecule has 0 aromatic heterocycles. The number of nitrogens with zero attached hydrogens (tertiary/aromatic N) is 1. The Hall–Kier alpha value is -1.28. The summed E-state index contributed by atoms with van der Waals surface area (Å²) in [5, 5.41) is 0.709. The Bertz CT molecular complexity index is 444.